The molecule has 30 heavy (non-hydrogen) atoms. The number of rotatable bonds is 8. The minimum absolute atomic E-state index is 0.269. The first-order valence-corrected chi connectivity index (χ1v) is 9.78. The molecule has 0 spiro atoms. The molecule has 0 saturated heterocycles. The van der Waals surface area contributed by atoms with Crippen molar-refractivity contribution in [3.05, 3.63) is 39.7 Å². The first-order chi connectivity index (χ1) is 14.5. The van der Waals surface area contributed by atoms with Crippen LogP contribution in [0, 0.1) is 0 Å². The van der Waals surface area contributed by atoms with E-state index < -0.39 is 5.97 Å². The van der Waals surface area contributed by atoms with Gasteiger partial charge in [-0.3, -0.25) is 0 Å². The van der Waals surface area contributed by atoms with Gasteiger partial charge in [-0.1, -0.05) is 11.6 Å². The molecule has 11 heteroatoms. The molecule has 0 amide bonds. The lowest BCUT2D eigenvalue weighted by Crippen LogP contribution is -2.05. The third-order valence-corrected chi connectivity index (χ3v) is 5.13. The fourth-order valence-corrected chi connectivity index (χ4v) is 3.49. The van der Waals surface area contributed by atoms with Crippen molar-refractivity contribution < 1.29 is 23.7 Å². The highest BCUT2D eigenvalue weighted by atomic mass is 35.5. The highest BCUT2D eigenvalue weighted by molar-refractivity contribution is 7.12. The van der Waals surface area contributed by atoms with Crippen LogP contribution in [0.2, 0.25) is 5.02 Å². The molecule has 9 nitrogen and oxygen atoms in total. The fourth-order valence-electron chi connectivity index (χ4n) is 2.58. The van der Waals surface area contributed by atoms with Gasteiger partial charge in [0, 0.05) is 17.8 Å². The number of carbonyl (C=O) groups excluding carboxylic acids is 1. The van der Waals surface area contributed by atoms with E-state index in [0.29, 0.717) is 39.3 Å². The highest BCUT2D eigenvalue weighted by Gasteiger charge is 2.17. The monoisotopic (exact) mass is 450 g/mol. The Labute approximate surface area is 181 Å². The normalized spacial score (nSPS) is 10.3. The highest BCUT2D eigenvalue weighted by Crippen LogP contribution is 2.40. The van der Waals surface area contributed by atoms with Gasteiger partial charge < -0.3 is 29.6 Å². The Balaban J connectivity index is 1.89. The Morgan fingerprint density at radius 1 is 1.07 bits per heavy atom. The van der Waals surface area contributed by atoms with Crippen molar-refractivity contribution in [2.24, 2.45) is 0 Å². The summed E-state index contributed by atoms with van der Waals surface area (Å²) >= 11 is 7.48. The van der Waals surface area contributed by atoms with Gasteiger partial charge in [0.15, 0.2) is 17.3 Å². The predicted molar refractivity (Wildman–Crippen MR) is 115 cm³/mol. The number of benzene rings is 1. The fraction of sp³-hybridized carbons (Fsp3) is 0.211. The van der Waals surface area contributed by atoms with E-state index in [4.69, 9.17) is 30.5 Å². The van der Waals surface area contributed by atoms with Crippen LogP contribution in [-0.4, -0.2) is 44.4 Å². The second-order valence-corrected chi connectivity index (χ2v) is 7.03. The Morgan fingerprint density at radius 2 is 1.77 bits per heavy atom. The van der Waals surface area contributed by atoms with Gasteiger partial charge in [-0.15, -0.1) is 11.3 Å². The number of hydrogen-bond donors (Lipinski definition) is 2. The van der Waals surface area contributed by atoms with E-state index in [0.717, 1.165) is 0 Å². The van der Waals surface area contributed by atoms with Crippen molar-refractivity contribution >= 4 is 52.0 Å². The smallest absolute Gasteiger partial charge is 0.350 e. The predicted octanol–water partition coefficient (Wildman–Crippen LogP) is 4.49. The summed E-state index contributed by atoms with van der Waals surface area (Å²) in [6, 6.07) is 5.18. The van der Waals surface area contributed by atoms with Crippen LogP contribution < -0.4 is 24.8 Å². The molecule has 0 fully saturated rings. The minimum Gasteiger partial charge on any atom is -0.493 e. The zero-order valence-corrected chi connectivity index (χ0v) is 18.2. The minimum atomic E-state index is -0.451. The first-order valence-electron chi connectivity index (χ1n) is 8.53. The lowest BCUT2D eigenvalue weighted by molar-refractivity contribution is 0.0607. The van der Waals surface area contributed by atoms with Crippen molar-refractivity contribution in [3.63, 3.8) is 0 Å². The summed E-state index contributed by atoms with van der Waals surface area (Å²) < 4.78 is 20.8. The van der Waals surface area contributed by atoms with Gasteiger partial charge >= 0.3 is 5.97 Å². The van der Waals surface area contributed by atoms with Crippen LogP contribution in [0.5, 0.6) is 17.2 Å². The topological polar surface area (TPSA) is 104 Å². The van der Waals surface area contributed by atoms with Crippen molar-refractivity contribution in [1.82, 2.24) is 9.97 Å². The van der Waals surface area contributed by atoms with Crippen molar-refractivity contribution in [1.29, 1.82) is 0 Å². The molecule has 0 radical (unpaired) electrons. The number of aromatic nitrogens is 2. The molecular formula is C19H19ClN4O5S. The number of anilines is 4. The van der Waals surface area contributed by atoms with E-state index in [9.17, 15) is 4.79 Å². The third kappa shape index (κ3) is 4.50. The van der Waals surface area contributed by atoms with E-state index in [1.54, 1.807) is 23.6 Å². The summed E-state index contributed by atoms with van der Waals surface area (Å²) in [6.07, 6.45) is 1.45. The third-order valence-electron chi connectivity index (χ3n) is 3.95. The number of halogens is 1. The van der Waals surface area contributed by atoms with E-state index in [1.165, 1.54) is 46.0 Å². The van der Waals surface area contributed by atoms with E-state index in [2.05, 4.69) is 20.6 Å². The van der Waals surface area contributed by atoms with Gasteiger partial charge in [0.25, 0.3) is 0 Å². The number of nitrogens with one attached hydrogen (secondary N) is 2. The lowest BCUT2D eigenvalue weighted by atomic mass is 10.2. The summed E-state index contributed by atoms with van der Waals surface area (Å²) in [4.78, 5) is 20.9. The summed E-state index contributed by atoms with van der Waals surface area (Å²) in [5, 5.41) is 8.17. The van der Waals surface area contributed by atoms with Gasteiger partial charge in [-0.05, 0) is 11.4 Å². The van der Waals surface area contributed by atoms with Crippen molar-refractivity contribution in [3.8, 4) is 17.2 Å². The van der Waals surface area contributed by atoms with Crippen LogP contribution in [0.4, 0.5) is 23.1 Å². The Kier molecular flexibility index (Phi) is 6.80. The zero-order chi connectivity index (χ0) is 21.7. The SMILES string of the molecule is COC(=O)c1sccc1Nc1nc(Nc2cc(OC)c(OC)c(OC)c2)ncc1Cl. The molecule has 0 atom stereocenters. The second kappa shape index (κ2) is 9.51. The molecule has 0 aliphatic heterocycles. The molecule has 0 aliphatic rings. The van der Waals surface area contributed by atoms with Crippen molar-refractivity contribution in [2.45, 2.75) is 0 Å². The molecule has 3 aromatic rings. The maximum atomic E-state index is 11.9. The summed E-state index contributed by atoms with van der Waals surface area (Å²) in [7, 11) is 5.91. The Hall–Kier alpha value is -3.24. The Morgan fingerprint density at radius 3 is 2.37 bits per heavy atom. The van der Waals surface area contributed by atoms with Crippen LogP contribution in [0.3, 0.4) is 0 Å². The van der Waals surface area contributed by atoms with Crippen LogP contribution >= 0.6 is 22.9 Å². The molecule has 0 aliphatic carbocycles. The molecule has 0 bridgehead atoms. The molecule has 0 saturated carbocycles. The van der Waals surface area contributed by atoms with Gasteiger partial charge in [-0.25, -0.2) is 9.78 Å². The number of hydrogen-bond acceptors (Lipinski definition) is 10. The molecule has 2 heterocycles. The van der Waals surface area contributed by atoms with Crippen LogP contribution in [0.15, 0.2) is 29.8 Å². The van der Waals surface area contributed by atoms with Gasteiger partial charge in [0.1, 0.15) is 9.90 Å². The average molecular weight is 451 g/mol. The maximum absolute atomic E-state index is 11.9. The van der Waals surface area contributed by atoms with E-state index in [1.807, 2.05) is 0 Å². The number of methoxy groups -OCH3 is 4. The zero-order valence-electron chi connectivity index (χ0n) is 16.6. The number of ether oxygens (including phenoxy) is 4. The number of esters is 1. The molecule has 2 N–H and O–H groups in total. The number of thiophene rings is 1. The summed E-state index contributed by atoms with van der Waals surface area (Å²) in [6.45, 7) is 0. The quantitative estimate of drug-likeness (QED) is 0.480. The van der Waals surface area contributed by atoms with Crippen molar-refractivity contribution in [2.75, 3.05) is 39.1 Å². The van der Waals surface area contributed by atoms with Gasteiger partial charge in [0.2, 0.25) is 11.7 Å². The van der Waals surface area contributed by atoms with E-state index >= 15 is 0 Å². The molecule has 0 unspecified atom stereocenters. The molecule has 1 aromatic carbocycles. The number of nitrogens with zero attached hydrogens (tertiary/aromatic N) is 2. The molecule has 2 aromatic heterocycles. The van der Waals surface area contributed by atoms with Gasteiger partial charge in [-0.2, -0.15) is 4.98 Å². The number of carbonyl (C=O) groups is 1. The summed E-state index contributed by atoms with van der Waals surface area (Å²) in [5.74, 6) is 1.57. The molecule has 3 rings (SSSR count). The first kappa shape index (κ1) is 21.5. The van der Waals surface area contributed by atoms with Crippen LogP contribution in [-0.2, 0) is 4.74 Å². The Bertz CT molecular complexity index is 1030. The average Bonchev–Trinajstić information content (AvgIpc) is 3.22. The largest absolute Gasteiger partial charge is 0.493 e. The van der Waals surface area contributed by atoms with E-state index in [-0.39, 0.29) is 11.0 Å². The lowest BCUT2D eigenvalue weighted by Gasteiger charge is -2.15. The van der Waals surface area contributed by atoms with Gasteiger partial charge in [0.05, 0.1) is 40.3 Å². The summed E-state index contributed by atoms with van der Waals surface area (Å²) in [5.41, 5.74) is 1.15. The van der Waals surface area contributed by atoms with Crippen LogP contribution in [0.1, 0.15) is 9.67 Å². The standard InChI is InChI=1S/C19H19ClN4O5S/c1-26-13-7-10(8-14(27-2)15(13)28-3)22-19-21-9-11(20)17(24-19)23-12-5-6-30-16(12)18(25)29-4/h5-9H,1-4H3,(H2,21,22,23,24). The van der Waals surface area contributed by atoms with Crippen LogP contribution in [0.25, 0.3) is 0 Å². The molecular weight excluding hydrogens is 432 g/mol. The maximum Gasteiger partial charge on any atom is 0.350 e. The molecule has 158 valence electrons. The second-order valence-electron chi connectivity index (χ2n) is 5.71.